The molecule has 3 heteroatoms. The minimum atomic E-state index is 0.0859. The van der Waals surface area contributed by atoms with Gasteiger partial charge in [0.1, 0.15) is 9.91 Å². The Kier molecular flexibility index (Phi) is 1.95. The second-order valence-electron chi connectivity index (χ2n) is 4.39. The number of hydrazone groups is 1. The van der Waals surface area contributed by atoms with Crippen LogP contribution in [0.2, 0.25) is 0 Å². The molecule has 0 spiro atoms. The number of rotatable bonds is 0. The standard InChI is InChI=1S/C8H16N2S/c1-7(2,3)6-9-10-8(4,5)11-6/h10H,1-5H3. The molecule has 1 rings (SSSR count). The lowest BCUT2D eigenvalue weighted by molar-refractivity contribution is 0.566. The summed E-state index contributed by atoms with van der Waals surface area (Å²) < 4.78 is 0. The number of hydrogen-bond acceptors (Lipinski definition) is 3. The summed E-state index contributed by atoms with van der Waals surface area (Å²) in [5.74, 6) is 0. The van der Waals surface area contributed by atoms with Gasteiger partial charge in [-0.1, -0.05) is 32.5 Å². The van der Waals surface area contributed by atoms with Crippen molar-refractivity contribution in [2.75, 3.05) is 0 Å². The summed E-state index contributed by atoms with van der Waals surface area (Å²) in [6, 6.07) is 0. The third-order valence-corrected chi connectivity index (χ3v) is 2.92. The number of nitrogens with zero attached hydrogens (tertiary/aromatic N) is 1. The number of hydrogen-bond donors (Lipinski definition) is 1. The summed E-state index contributed by atoms with van der Waals surface area (Å²) in [7, 11) is 0. The van der Waals surface area contributed by atoms with E-state index in [4.69, 9.17) is 0 Å². The highest BCUT2D eigenvalue weighted by atomic mass is 32.2. The Morgan fingerprint density at radius 1 is 1.36 bits per heavy atom. The van der Waals surface area contributed by atoms with Crippen LogP contribution in [0.15, 0.2) is 5.10 Å². The van der Waals surface area contributed by atoms with Gasteiger partial charge in [0.15, 0.2) is 0 Å². The van der Waals surface area contributed by atoms with Crippen LogP contribution in [0.5, 0.6) is 0 Å². The van der Waals surface area contributed by atoms with E-state index in [1.807, 2.05) is 11.8 Å². The number of thioether (sulfide) groups is 1. The average Bonchev–Trinajstić information content (AvgIpc) is 2.07. The summed E-state index contributed by atoms with van der Waals surface area (Å²) in [5.41, 5.74) is 3.29. The van der Waals surface area contributed by atoms with Crippen LogP contribution in [0.1, 0.15) is 34.6 Å². The lowest BCUT2D eigenvalue weighted by Gasteiger charge is -2.20. The van der Waals surface area contributed by atoms with Gasteiger partial charge < -0.3 is 0 Å². The Labute approximate surface area is 72.8 Å². The second-order valence-corrected chi connectivity index (χ2v) is 6.00. The van der Waals surface area contributed by atoms with E-state index in [0.717, 1.165) is 0 Å². The maximum atomic E-state index is 4.29. The van der Waals surface area contributed by atoms with Crippen molar-refractivity contribution in [3.63, 3.8) is 0 Å². The Balaban J connectivity index is 2.68. The molecule has 0 unspecified atom stereocenters. The van der Waals surface area contributed by atoms with Gasteiger partial charge in [0.25, 0.3) is 0 Å². The smallest absolute Gasteiger partial charge is 0.101 e. The zero-order chi connectivity index (χ0) is 8.70. The Morgan fingerprint density at radius 3 is 2.09 bits per heavy atom. The highest BCUT2D eigenvalue weighted by Gasteiger charge is 2.32. The quantitative estimate of drug-likeness (QED) is 0.607. The van der Waals surface area contributed by atoms with Crippen molar-refractivity contribution < 1.29 is 0 Å². The maximum Gasteiger partial charge on any atom is 0.101 e. The van der Waals surface area contributed by atoms with Gasteiger partial charge in [-0.3, -0.25) is 5.43 Å². The molecule has 0 saturated carbocycles. The summed E-state index contributed by atoms with van der Waals surface area (Å²) in [5, 5.41) is 5.49. The van der Waals surface area contributed by atoms with E-state index in [1.54, 1.807) is 0 Å². The average molecular weight is 172 g/mol. The molecule has 64 valence electrons. The summed E-state index contributed by atoms with van der Waals surface area (Å²) in [4.78, 5) is 0.0859. The molecule has 1 aliphatic rings. The molecule has 1 aliphatic heterocycles. The van der Waals surface area contributed by atoms with Crippen molar-refractivity contribution in [2.24, 2.45) is 10.5 Å². The largest absolute Gasteiger partial charge is 0.293 e. The van der Waals surface area contributed by atoms with Gasteiger partial charge in [0, 0.05) is 5.41 Å². The van der Waals surface area contributed by atoms with E-state index < -0.39 is 0 Å². The molecule has 11 heavy (non-hydrogen) atoms. The van der Waals surface area contributed by atoms with Crippen LogP contribution in [0, 0.1) is 5.41 Å². The normalized spacial score (nSPS) is 22.8. The van der Waals surface area contributed by atoms with Gasteiger partial charge in [0.05, 0.1) is 0 Å². The van der Waals surface area contributed by atoms with Crippen LogP contribution < -0.4 is 5.43 Å². The van der Waals surface area contributed by atoms with E-state index in [-0.39, 0.29) is 10.3 Å². The fourth-order valence-corrected chi connectivity index (χ4v) is 1.77. The van der Waals surface area contributed by atoms with Crippen molar-refractivity contribution >= 4 is 16.8 Å². The second kappa shape index (κ2) is 2.41. The van der Waals surface area contributed by atoms with Gasteiger partial charge in [-0.25, -0.2) is 0 Å². The molecule has 0 saturated heterocycles. The van der Waals surface area contributed by atoms with Gasteiger partial charge in [-0.15, -0.1) is 0 Å². The number of nitrogens with one attached hydrogen (secondary N) is 1. The zero-order valence-corrected chi connectivity index (χ0v) is 8.67. The molecule has 1 N–H and O–H groups in total. The Bertz CT molecular complexity index is 189. The monoisotopic (exact) mass is 172 g/mol. The van der Waals surface area contributed by atoms with Crippen LogP contribution >= 0.6 is 11.8 Å². The fourth-order valence-electron chi connectivity index (χ4n) is 0.794. The van der Waals surface area contributed by atoms with E-state index in [2.05, 4.69) is 45.1 Å². The molecule has 0 aromatic rings. The summed E-state index contributed by atoms with van der Waals surface area (Å²) >= 11 is 1.81. The molecule has 0 fully saturated rings. The molecule has 0 amide bonds. The fraction of sp³-hybridized carbons (Fsp3) is 0.875. The van der Waals surface area contributed by atoms with Crippen LogP contribution in [0.3, 0.4) is 0 Å². The van der Waals surface area contributed by atoms with Crippen LogP contribution in [-0.2, 0) is 0 Å². The minimum Gasteiger partial charge on any atom is -0.293 e. The molecule has 0 radical (unpaired) electrons. The maximum absolute atomic E-state index is 4.29. The summed E-state index contributed by atoms with van der Waals surface area (Å²) in [6.45, 7) is 10.8. The first-order chi connectivity index (χ1) is 4.81. The topological polar surface area (TPSA) is 24.4 Å². The van der Waals surface area contributed by atoms with E-state index in [0.29, 0.717) is 0 Å². The lowest BCUT2D eigenvalue weighted by atomic mass is 9.99. The van der Waals surface area contributed by atoms with Gasteiger partial charge in [0.2, 0.25) is 0 Å². The molecular formula is C8H16N2S. The Hall–Kier alpha value is -0.180. The molecule has 2 nitrogen and oxygen atoms in total. The van der Waals surface area contributed by atoms with E-state index in [9.17, 15) is 0 Å². The SMILES string of the molecule is CC1(C)NN=C(C(C)(C)C)S1. The molecule has 0 aromatic heterocycles. The third-order valence-electron chi connectivity index (χ3n) is 1.42. The van der Waals surface area contributed by atoms with Crippen LogP contribution in [-0.4, -0.2) is 9.91 Å². The van der Waals surface area contributed by atoms with Crippen molar-refractivity contribution in [2.45, 2.75) is 39.5 Å². The zero-order valence-electron chi connectivity index (χ0n) is 7.86. The van der Waals surface area contributed by atoms with Crippen molar-refractivity contribution in [3.8, 4) is 0 Å². The van der Waals surface area contributed by atoms with Crippen molar-refractivity contribution in [1.82, 2.24) is 5.43 Å². The van der Waals surface area contributed by atoms with Crippen molar-refractivity contribution in [3.05, 3.63) is 0 Å². The predicted molar refractivity (Wildman–Crippen MR) is 51.7 cm³/mol. The Morgan fingerprint density at radius 2 is 1.91 bits per heavy atom. The van der Waals surface area contributed by atoms with Crippen LogP contribution in [0.25, 0.3) is 0 Å². The first-order valence-corrected chi connectivity index (χ1v) is 4.67. The lowest BCUT2D eigenvalue weighted by Crippen LogP contribution is -2.27. The van der Waals surface area contributed by atoms with E-state index in [1.165, 1.54) is 5.04 Å². The molecule has 0 atom stereocenters. The molecule has 0 aliphatic carbocycles. The molecular weight excluding hydrogens is 156 g/mol. The van der Waals surface area contributed by atoms with Gasteiger partial charge >= 0.3 is 0 Å². The highest BCUT2D eigenvalue weighted by Crippen LogP contribution is 2.36. The minimum absolute atomic E-state index is 0.0859. The van der Waals surface area contributed by atoms with Crippen LogP contribution in [0.4, 0.5) is 0 Å². The van der Waals surface area contributed by atoms with Gasteiger partial charge in [-0.2, -0.15) is 5.10 Å². The first-order valence-electron chi connectivity index (χ1n) is 3.86. The van der Waals surface area contributed by atoms with E-state index >= 15 is 0 Å². The highest BCUT2D eigenvalue weighted by molar-refractivity contribution is 8.15. The predicted octanol–water partition coefficient (Wildman–Crippen LogP) is 2.42. The molecule has 0 bridgehead atoms. The molecule has 0 aromatic carbocycles. The molecule has 1 heterocycles. The third kappa shape index (κ3) is 2.12. The van der Waals surface area contributed by atoms with Crippen molar-refractivity contribution in [1.29, 1.82) is 0 Å². The summed E-state index contributed by atoms with van der Waals surface area (Å²) in [6.07, 6.45) is 0. The van der Waals surface area contributed by atoms with Gasteiger partial charge in [-0.05, 0) is 13.8 Å². The first kappa shape index (κ1) is 8.91.